The van der Waals surface area contributed by atoms with Crippen LogP contribution in [0, 0.1) is 0 Å². The number of benzene rings is 1. The number of aromatic nitrogens is 1. The van der Waals surface area contributed by atoms with E-state index in [0.717, 1.165) is 48.4 Å². The van der Waals surface area contributed by atoms with Gasteiger partial charge >= 0.3 is 0 Å². The van der Waals surface area contributed by atoms with Crippen molar-refractivity contribution in [3.05, 3.63) is 24.4 Å². The number of fused-ring (bicyclic) bond motifs is 1. The molecule has 0 fully saturated rings. The Kier molecular flexibility index (Phi) is 7.31. The van der Waals surface area contributed by atoms with Crippen LogP contribution in [0.2, 0.25) is 0 Å². The third-order valence-electron chi connectivity index (χ3n) is 4.65. The highest BCUT2D eigenvalue weighted by Gasteiger charge is 2.11. The summed E-state index contributed by atoms with van der Waals surface area (Å²) in [5, 5.41) is 4.68. The fraction of sp³-hybridized carbons (Fsp3) is 0.550. The first-order valence-electron chi connectivity index (χ1n) is 9.12. The number of nitrogens with one attached hydrogen (secondary N) is 1. The molecule has 1 unspecified atom stereocenters. The van der Waals surface area contributed by atoms with Crippen LogP contribution in [0.1, 0.15) is 33.6 Å². The summed E-state index contributed by atoms with van der Waals surface area (Å²) in [6, 6.07) is 6.33. The Hall–Kier alpha value is -2.01. The molecular weight excluding hydrogens is 314 g/mol. The minimum atomic E-state index is 0.397. The summed E-state index contributed by atoms with van der Waals surface area (Å²) in [6.45, 7) is 10.1. The van der Waals surface area contributed by atoms with Gasteiger partial charge in [-0.1, -0.05) is 13.8 Å². The molecule has 1 N–H and O–H groups in total. The average Bonchev–Trinajstić information content (AvgIpc) is 2.64. The Morgan fingerprint density at radius 3 is 2.44 bits per heavy atom. The van der Waals surface area contributed by atoms with Crippen molar-refractivity contribution in [2.24, 2.45) is 0 Å². The fourth-order valence-corrected chi connectivity index (χ4v) is 3.10. The van der Waals surface area contributed by atoms with E-state index in [1.807, 2.05) is 24.4 Å². The highest BCUT2D eigenvalue weighted by Crippen LogP contribution is 2.34. The summed E-state index contributed by atoms with van der Waals surface area (Å²) < 4.78 is 10.8. The van der Waals surface area contributed by atoms with Crippen LogP contribution in [-0.2, 0) is 0 Å². The van der Waals surface area contributed by atoms with Crippen LogP contribution in [0.25, 0.3) is 10.9 Å². The lowest BCUT2D eigenvalue weighted by atomic mass is 10.1. The minimum absolute atomic E-state index is 0.397. The third-order valence-corrected chi connectivity index (χ3v) is 4.65. The van der Waals surface area contributed by atoms with Crippen molar-refractivity contribution in [2.45, 2.75) is 39.7 Å². The molecule has 0 aliphatic heterocycles. The number of hydrogen-bond acceptors (Lipinski definition) is 5. The zero-order chi connectivity index (χ0) is 18.2. The lowest BCUT2D eigenvalue weighted by Gasteiger charge is -2.21. The van der Waals surface area contributed by atoms with E-state index in [9.17, 15) is 0 Å². The predicted octanol–water partition coefficient (Wildman–Crippen LogP) is 4.17. The maximum Gasteiger partial charge on any atom is 0.162 e. The van der Waals surface area contributed by atoms with Gasteiger partial charge in [-0.2, -0.15) is 0 Å². The van der Waals surface area contributed by atoms with Gasteiger partial charge in [-0.05, 0) is 51.5 Å². The van der Waals surface area contributed by atoms with Crippen LogP contribution in [0.4, 0.5) is 5.69 Å². The maximum absolute atomic E-state index is 5.43. The van der Waals surface area contributed by atoms with Crippen molar-refractivity contribution in [1.82, 2.24) is 9.88 Å². The molecule has 2 rings (SSSR count). The SMILES string of the molecule is CCN(CC)CCCC(C)Nc1ccnc2cc(OC)c(OC)cc12. The van der Waals surface area contributed by atoms with Crippen LogP contribution < -0.4 is 14.8 Å². The van der Waals surface area contributed by atoms with Crippen molar-refractivity contribution in [3.8, 4) is 11.5 Å². The number of rotatable bonds is 10. The van der Waals surface area contributed by atoms with E-state index in [2.05, 4.69) is 36.0 Å². The van der Waals surface area contributed by atoms with Crippen LogP contribution >= 0.6 is 0 Å². The van der Waals surface area contributed by atoms with Gasteiger partial charge in [0.25, 0.3) is 0 Å². The van der Waals surface area contributed by atoms with E-state index in [4.69, 9.17) is 9.47 Å². The fourth-order valence-electron chi connectivity index (χ4n) is 3.10. The van der Waals surface area contributed by atoms with Gasteiger partial charge < -0.3 is 19.7 Å². The van der Waals surface area contributed by atoms with Gasteiger partial charge in [-0.3, -0.25) is 4.98 Å². The second kappa shape index (κ2) is 9.47. The minimum Gasteiger partial charge on any atom is -0.493 e. The number of methoxy groups -OCH3 is 2. The molecule has 5 nitrogen and oxygen atoms in total. The number of anilines is 1. The molecule has 1 aromatic heterocycles. The summed E-state index contributed by atoms with van der Waals surface area (Å²) in [7, 11) is 3.30. The number of nitrogens with zero attached hydrogens (tertiary/aromatic N) is 2. The molecule has 138 valence electrons. The summed E-state index contributed by atoms with van der Waals surface area (Å²) in [4.78, 5) is 6.92. The van der Waals surface area contributed by atoms with Crippen LogP contribution in [-0.4, -0.2) is 49.8 Å². The molecule has 0 amide bonds. The smallest absolute Gasteiger partial charge is 0.162 e. The van der Waals surface area contributed by atoms with Gasteiger partial charge in [0.15, 0.2) is 11.5 Å². The Morgan fingerprint density at radius 2 is 1.80 bits per heavy atom. The third kappa shape index (κ3) is 4.98. The van der Waals surface area contributed by atoms with Crippen molar-refractivity contribution in [3.63, 3.8) is 0 Å². The molecule has 0 aliphatic carbocycles. The van der Waals surface area contributed by atoms with Crippen LogP contribution in [0.15, 0.2) is 24.4 Å². The molecule has 0 bridgehead atoms. The van der Waals surface area contributed by atoms with Gasteiger partial charge in [0.1, 0.15) is 0 Å². The van der Waals surface area contributed by atoms with E-state index in [1.54, 1.807) is 14.2 Å². The van der Waals surface area contributed by atoms with Crippen LogP contribution in [0.3, 0.4) is 0 Å². The predicted molar refractivity (Wildman–Crippen MR) is 105 cm³/mol. The van der Waals surface area contributed by atoms with Crippen molar-refractivity contribution < 1.29 is 9.47 Å². The largest absolute Gasteiger partial charge is 0.493 e. The summed E-state index contributed by atoms with van der Waals surface area (Å²) in [5.74, 6) is 1.42. The first-order valence-corrected chi connectivity index (χ1v) is 9.12. The molecule has 1 heterocycles. The quantitative estimate of drug-likeness (QED) is 0.700. The van der Waals surface area contributed by atoms with Crippen molar-refractivity contribution in [2.75, 3.05) is 39.2 Å². The van der Waals surface area contributed by atoms with Crippen LogP contribution in [0.5, 0.6) is 11.5 Å². The van der Waals surface area contributed by atoms with E-state index >= 15 is 0 Å². The van der Waals surface area contributed by atoms with E-state index < -0.39 is 0 Å². The first kappa shape index (κ1) is 19.3. The van der Waals surface area contributed by atoms with E-state index in [0.29, 0.717) is 11.8 Å². The summed E-state index contributed by atoms with van der Waals surface area (Å²) in [6.07, 6.45) is 4.16. The highest BCUT2D eigenvalue weighted by atomic mass is 16.5. The molecule has 25 heavy (non-hydrogen) atoms. The first-order chi connectivity index (χ1) is 12.1. The van der Waals surface area contributed by atoms with Gasteiger partial charge in [-0.15, -0.1) is 0 Å². The standard InChI is InChI=1S/C20H31N3O2/c1-6-23(7-2)12-8-9-15(3)22-17-10-11-21-18-14-20(25-5)19(24-4)13-16(17)18/h10-11,13-15H,6-9,12H2,1-5H3,(H,21,22). The van der Waals surface area contributed by atoms with Crippen molar-refractivity contribution in [1.29, 1.82) is 0 Å². The number of ether oxygens (including phenoxy) is 2. The molecule has 0 saturated heterocycles. The van der Waals surface area contributed by atoms with Gasteiger partial charge in [0.05, 0.1) is 19.7 Å². The summed E-state index contributed by atoms with van der Waals surface area (Å²) >= 11 is 0. The second-order valence-electron chi connectivity index (χ2n) is 6.30. The lowest BCUT2D eigenvalue weighted by Crippen LogP contribution is -2.25. The zero-order valence-corrected chi connectivity index (χ0v) is 16.1. The summed E-state index contributed by atoms with van der Waals surface area (Å²) in [5.41, 5.74) is 1.99. The molecule has 0 aliphatic rings. The molecule has 2 aromatic rings. The molecule has 5 heteroatoms. The van der Waals surface area contributed by atoms with Gasteiger partial charge in [0, 0.05) is 29.4 Å². The van der Waals surface area contributed by atoms with Gasteiger partial charge in [-0.25, -0.2) is 0 Å². The maximum atomic E-state index is 5.43. The molecular formula is C20H31N3O2. The number of pyridine rings is 1. The molecule has 1 aromatic carbocycles. The Bertz CT molecular complexity index is 671. The second-order valence-corrected chi connectivity index (χ2v) is 6.30. The Labute approximate surface area is 151 Å². The monoisotopic (exact) mass is 345 g/mol. The van der Waals surface area contributed by atoms with E-state index in [1.165, 1.54) is 6.42 Å². The average molecular weight is 345 g/mol. The molecule has 0 spiro atoms. The molecule has 0 saturated carbocycles. The molecule has 1 atom stereocenters. The normalized spacial score (nSPS) is 12.4. The lowest BCUT2D eigenvalue weighted by molar-refractivity contribution is 0.295. The van der Waals surface area contributed by atoms with Crippen molar-refractivity contribution >= 4 is 16.6 Å². The molecule has 0 radical (unpaired) electrons. The highest BCUT2D eigenvalue weighted by molar-refractivity contribution is 5.93. The van der Waals surface area contributed by atoms with Gasteiger partial charge in [0.2, 0.25) is 0 Å². The number of hydrogen-bond donors (Lipinski definition) is 1. The Morgan fingerprint density at radius 1 is 1.12 bits per heavy atom. The zero-order valence-electron chi connectivity index (χ0n) is 16.1. The Balaban J connectivity index is 2.09. The van der Waals surface area contributed by atoms with E-state index in [-0.39, 0.29) is 0 Å². The topological polar surface area (TPSA) is 46.6 Å².